The van der Waals surface area contributed by atoms with Crippen LogP contribution >= 0.6 is 11.8 Å². The lowest BCUT2D eigenvalue weighted by Gasteiger charge is -2.21. The maximum atomic E-state index is 12.2. The van der Waals surface area contributed by atoms with E-state index in [9.17, 15) is 14.4 Å². The van der Waals surface area contributed by atoms with Gasteiger partial charge in [-0.3, -0.25) is 14.4 Å². The molecule has 136 valence electrons. The van der Waals surface area contributed by atoms with Crippen molar-refractivity contribution in [2.75, 3.05) is 18.2 Å². The van der Waals surface area contributed by atoms with Crippen LogP contribution in [0.4, 0.5) is 0 Å². The lowest BCUT2D eigenvalue weighted by molar-refractivity contribution is -0.137. The van der Waals surface area contributed by atoms with Gasteiger partial charge in [0.2, 0.25) is 11.8 Å². The molecule has 0 saturated carbocycles. The Morgan fingerprint density at radius 1 is 1.32 bits per heavy atom. The number of carboxylic acids is 1. The maximum Gasteiger partial charge on any atom is 0.303 e. The highest BCUT2D eigenvalue weighted by Gasteiger charge is 2.32. The maximum absolute atomic E-state index is 12.2. The number of amides is 2. The molecule has 2 amide bonds. The Balaban J connectivity index is 1.76. The molecule has 1 aromatic rings. The summed E-state index contributed by atoms with van der Waals surface area (Å²) in [5.41, 5.74) is 0.922. The van der Waals surface area contributed by atoms with Crippen LogP contribution in [0.5, 0.6) is 5.75 Å². The van der Waals surface area contributed by atoms with Gasteiger partial charge in [-0.05, 0) is 24.1 Å². The van der Waals surface area contributed by atoms with E-state index in [1.807, 2.05) is 12.1 Å². The van der Waals surface area contributed by atoms with Crippen molar-refractivity contribution in [3.8, 4) is 5.75 Å². The number of carboxylic acid groups (broad SMARTS) is 1. The van der Waals surface area contributed by atoms with E-state index < -0.39 is 12.0 Å². The van der Waals surface area contributed by atoms with Gasteiger partial charge in [0.1, 0.15) is 11.8 Å². The lowest BCUT2D eigenvalue weighted by atomic mass is 10.2. The molecule has 0 aromatic heterocycles. The first-order chi connectivity index (χ1) is 12.0. The summed E-state index contributed by atoms with van der Waals surface area (Å²) < 4.78 is 5.46. The molecule has 0 unspecified atom stereocenters. The molecule has 7 nitrogen and oxygen atoms in total. The van der Waals surface area contributed by atoms with Gasteiger partial charge in [-0.2, -0.15) is 0 Å². The Bertz CT molecular complexity index is 620. The van der Waals surface area contributed by atoms with Crippen LogP contribution in [0, 0.1) is 0 Å². The zero-order valence-electron chi connectivity index (χ0n) is 14.1. The summed E-state index contributed by atoms with van der Waals surface area (Å²) in [4.78, 5) is 35.7. The molecule has 1 aliphatic heterocycles. The van der Waals surface area contributed by atoms with Crippen LogP contribution in [0.1, 0.15) is 25.3 Å². The molecule has 25 heavy (non-hydrogen) atoms. The Morgan fingerprint density at radius 2 is 2.04 bits per heavy atom. The average Bonchev–Trinajstić information content (AvgIpc) is 3.07. The highest BCUT2D eigenvalue weighted by molar-refractivity contribution is 7.99. The lowest BCUT2D eigenvalue weighted by Crippen LogP contribution is -2.46. The summed E-state index contributed by atoms with van der Waals surface area (Å²) in [6, 6.07) is 6.86. The van der Waals surface area contributed by atoms with Gasteiger partial charge in [0.15, 0.2) is 0 Å². The molecule has 1 saturated heterocycles. The van der Waals surface area contributed by atoms with Crippen molar-refractivity contribution in [1.29, 1.82) is 0 Å². The highest BCUT2D eigenvalue weighted by Crippen LogP contribution is 2.21. The second-order valence-electron chi connectivity index (χ2n) is 5.71. The van der Waals surface area contributed by atoms with Crippen LogP contribution in [0.3, 0.4) is 0 Å². The minimum atomic E-state index is -0.835. The number of ether oxygens (including phenoxy) is 1. The number of carbonyl (C=O) groups is 3. The van der Waals surface area contributed by atoms with Crippen LogP contribution < -0.4 is 10.1 Å². The molecule has 8 heteroatoms. The minimum absolute atomic E-state index is 0.0842. The first kappa shape index (κ1) is 19.1. The third-order valence-corrected chi connectivity index (χ3v) is 4.80. The zero-order valence-corrected chi connectivity index (χ0v) is 14.9. The second kappa shape index (κ2) is 9.31. The molecule has 2 N–H and O–H groups in total. The van der Waals surface area contributed by atoms with E-state index >= 15 is 0 Å². The fourth-order valence-corrected chi connectivity index (χ4v) is 3.61. The summed E-state index contributed by atoms with van der Waals surface area (Å²) >= 11 is 1.57. The Hall–Kier alpha value is -2.22. The molecule has 1 aromatic carbocycles. The topological polar surface area (TPSA) is 95.9 Å². The number of aliphatic carboxylic acids is 1. The van der Waals surface area contributed by atoms with Crippen molar-refractivity contribution in [3.05, 3.63) is 29.8 Å². The molecule has 0 bridgehead atoms. The first-order valence-electron chi connectivity index (χ1n) is 8.03. The number of carbonyl (C=O) groups excluding carboxylic acids is 2. The largest absolute Gasteiger partial charge is 0.494 e. The van der Waals surface area contributed by atoms with E-state index in [0.29, 0.717) is 37.0 Å². The van der Waals surface area contributed by atoms with E-state index in [1.54, 1.807) is 28.8 Å². The van der Waals surface area contributed by atoms with Crippen molar-refractivity contribution < 1.29 is 24.2 Å². The molecule has 1 aliphatic rings. The van der Waals surface area contributed by atoms with Crippen molar-refractivity contribution in [2.45, 2.75) is 32.4 Å². The summed E-state index contributed by atoms with van der Waals surface area (Å²) in [5, 5.41) is 11.4. The number of rotatable bonds is 8. The van der Waals surface area contributed by atoms with Crippen LogP contribution in [-0.2, 0) is 20.9 Å². The second-order valence-corrected chi connectivity index (χ2v) is 6.71. The van der Waals surface area contributed by atoms with E-state index in [4.69, 9.17) is 9.84 Å². The third-order valence-electron chi connectivity index (χ3n) is 3.78. The molecule has 1 fully saturated rings. The van der Waals surface area contributed by atoms with E-state index in [2.05, 4.69) is 5.32 Å². The van der Waals surface area contributed by atoms with Crippen LogP contribution in [0.25, 0.3) is 0 Å². The monoisotopic (exact) mass is 366 g/mol. The number of benzene rings is 1. The van der Waals surface area contributed by atoms with E-state index in [-0.39, 0.29) is 18.2 Å². The van der Waals surface area contributed by atoms with Gasteiger partial charge >= 0.3 is 5.97 Å². The summed E-state index contributed by atoms with van der Waals surface area (Å²) in [7, 11) is 0. The quantitative estimate of drug-likeness (QED) is 0.677. The molecule has 2 rings (SSSR count). The molecule has 1 atom stereocenters. The molecule has 1 heterocycles. The number of hydrogen-bond donors (Lipinski definition) is 2. The predicted octanol–water partition coefficient (Wildman–Crippen LogP) is 1.47. The van der Waals surface area contributed by atoms with Gasteiger partial charge in [0, 0.05) is 25.6 Å². The van der Waals surface area contributed by atoms with Crippen LogP contribution in [-0.4, -0.2) is 52.1 Å². The SMILES string of the molecule is CC(=O)N1CSC[C@H]1C(=O)NCc1ccc(OCCCC(=O)O)cc1. The minimum Gasteiger partial charge on any atom is -0.494 e. The van der Waals surface area contributed by atoms with Gasteiger partial charge in [0.25, 0.3) is 0 Å². The summed E-state index contributed by atoms with van der Waals surface area (Å²) in [5.74, 6) is 0.772. The van der Waals surface area contributed by atoms with Crippen LogP contribution in [0.15, 0.2) is 24.3 Å². The number of nitrogens with one attached hydrogen (secondary N) is 1. The third kappa shape index (κ3) is 5.97. The first-order valence-corrected chi connectivity index (χ1v) is 9.19. The van der Waals surface area contributed by atoms with Crippen molar-refractivity contribution in [3.63, 3.8) is 0 Å². The summed E-state index contributed by atoms with van der Waals surface area (Å²) in [6.07, 6.45) is 0.542. The molecular formula is C17H22N2O5S. The van der Waals surface area contributed by atoms with Crippen molar-refractivity contribution >= 4 is 29.5 Å². The fraction of sp³-hybridized carbons (Fsp3) is 0.471. The number of nitrogens with zero attached hydrogens (tertiary/aromatic N) is 1. The Kier molecular flexibility index (Phi) is 7.12. The smallest absolute Gasteiger partial charge is 0.303 e. The van der Waals surface area contributed by atoms with Gasteiger partial charge < -0.3 is 20.1 Å². The summed E-state index contributed by atoms with van der Waals surface area (Å²) in [6.45, 7) is 2.20. The zero-order chi connectivity index (χ0) is 18.2. The van der Waals surface area contributed by atoms with Gasteiger partial charge in [0.05, 0.1) is 12.5 Å². The number of hydrogen-bond acceptors (Lipinski definition) is 5. The van der Waals surface area contributed by atoms with E-state index in [1.165, 1.54) is 6.92 Å². The van der Waals surface area contributed by atoms with Crippen LogP contribution in [0.2, 0.25) is 0 Å². The van der Waals surface area contributed by atoms with Gasteiger partial charge in [-0.1, -0.05) is 12.1 Å². The van der Waals surface area contributed by atoms with Gasteiger partial charge in [-0.15, -0.1) is 11.8 Å². The Morgan fingerprint density at radius 3 is 2.68 bits per heavy atom. The molecule has 0 spiro atoms. The van der Waals surface area contributed by atoms with E-state index in [0.717, 1.165) is 5.56 Å². The normalized spacial score (nSPS) is 16.5. The molecule has 0 radical (unpaired) electrons. The standard InChI is InChI=1S/C17H22N2O5S/c1-12(20)19-11-25-10-15(19)17(23)18-9-13-4-6-14(7-5-13)24-8-2-3-16(21)22/h4-7,15H,2-3,8-11H2,1H3,(H,18,23)(H,21,22)/t15-/m0/s1. The molecule has 0 aliphatic carbocycles. The van der Waals surface area contributed by atoms with Crippen molar-refractivity contribution in [1.82, 2.24) is 10.2 Å². The fourth-order valence-electron chi connectivity index (χ4n) is 2.39. The van der Waals surface area contributed by atoms with Gasteiger partial charge in [-0.25, -0.2) is 0 Å². The van der Waals surface area contributed by atoms with Crippen molar-refractivity contribution in [2.24, 2.45) is 0 Å². The average molecular weight is 366 g/mol. The Labute approximate surface area is 150 Å². The predicted molar refractivity (Wildman–Crippen MR) is 94.3 cm³/mol. The highest BCUT2D eigenvalue weighted by atomic mass is 32.2. The molecular weight excluding hydrogens is 344 g/mol. The number of thioether (sulfide) groups is 1.